The first-order valence-corrected chi connectivity index (χ1v) is 14.0. The predicted molar refractivity (Wildman–Crippen MR) is 131 cm³/mol. The highest BCUT2D eigenvalue weighted by molar-refractivity contribution is 9.10. The molecule has 0 radical (unpaired) electrons. The summed E-state index contributed by atoms with van der Waals surface area (Å²) in [6, 6.07) is 0. The largest absolute Gasteiger partial charge is 0.468 e. The molecule has 188 valence electrons. The topological polar surface area (TPSA) is 72.8 Å². The third-order valence-corrected chi connectivity index (χ3v) is 11.5. The molecule has 5 nitrogen and oxygen atoms in total. The molecule has 0 bridgehead atoms. The Kier molecular flexibility index (Phi) is 7.29. The van der Waals surface area contributed by atoms with Crippen LogP contribution in [0, 0.1) is 46.3 Å². The minimum atomic E-state index is -0.256. The van der Waals surface area contributed by atoms with Crippen molar-refractivity contribution in [2.24, 2.45) is 46.3 Å². The van der Waals surface area contributed by atoms with Gasteiger partial charge in [-0.1, -0.05) is 36.7 Å². The number of methoxy groups -OCH3 is 1. The number of hydrogen-bond acceptors (Lipinski definition) is 5. The number of aliphatic hydroxyl groups is 1. The van der Waals surface area contributed by atoms with Gasteiger partial charge in [-0.2, -0.15) is 0 Å². The van der Waals surface area contributed by atoms with Crippen LogP contribution in [-0.4, -0.2) is 41.2 Å². The normalized spacial score (nSPS) is 46.3. The van der Waals surface area contributed by atoms with Crippen LogP contribution in [0.25, 0.3) is 0 Å². The van der Waals surface area contributed by atoms with Crippen molar-refractivity contribution in [1.29, 1.82) is 0 Å². The van der Waals surface area contributed by atoms with Gasteiger partial charge in [0.05, 0.1) is 13.2 Å². The van der Waals surface area contributed by atoms with Crippen LogP contribution in [0.3, 0.4) is 0 Å². The van der Waals surface area contributed by atoms with Crippen molar-refractivity contribution in [2.45, 2.75) is 103 Å². The SMILES string of the molecule is COC(=O)C(Br)C[C@@H](C)C1CCC2C3C(CC[C@@]21C)[C@@]1(C)CC[C@@H](O)CC1C[C@@H]3OC(C)=O. The minimum absolute atomic E-state index is 0.0338. The highest BCUT2D eigenvalue weighted by atomic mass is 79.9. The van der Waals surface area contributed by atoms with Crippen molar-refractivity contribution in [3.05, 3.63) is 0 Å². The van der Waals surface area contributed by atoms with E-state index in [0.29, 0.717) is 35.5 Å². The summed E-state index contributed by atoms with van der Waals surface area (Å²) in [5, 5.41) is 10.4. The summed E-state index contributed by atoms with van der Waals surface area (Å²) in [4.78, 5) is 23.9. The van der Waals surface area contributed by atoms with E-state index in [4.69, 9.17) is 9.47 Å². The fourth-order valence-corrected chi connectivity index (χ4v) is 9.98. The van der Waals surface area contributed by atoms with Crippen LogP contribution in [0.4, 0.5) is 0 Å². The Morgan fingerprint density at radius 3 is 2.39 bits per heavy atom. The molecule has 4 rings (SSSR count). The number of carbonyl (C=O) groups excluding carboxylic acids is 2. The van der Waals surface area contributed by atoms with Crippen LogP contribution in [-0.2, 0) is 19.1 Å². The van der Waals surface area contributed by atoms with Gasteiger partial charge in [0.15, 0.2) is 0 Å². The zero-order chi connectivity index (χ0) is 24.1. The van der Waals surface area contributed by atoms with E-state index >= 15 is 0 Å². The van der Waals surface area contributed by atoms with Crippen molar-refractivity contribution >= 4 is 27.9 Å². The maximum absolute atomic E-state index is 12.1. The molecule has 4 saturated carbocycles. The van der Waals surface area contributed by atoms with Gasteiger partial charge < -0.3 is 14.6 Å². The fourth-order valence-electron chi connectivity index (χ4n) is 9.20. The zero-order valence-electron chi connectivity index (χ0n) is 21.0. The van der Waals surface area contributed by atoms with E-state index in [9.17, 15) is 14.7 Å². The van der Waals surface area contributed by atoms with Crippen LogP contribution in [0.5, 0.6) is 0 Å². The Morgan fingerprint density at radius 2 is 1.73 bits per heavy atom. The predicted octanol–water partition coefficient (Wildman–Crippen LogP) is 5.51. The Bertz CT molecular complexity index is 757. The van der Waals surface area contributed by atoms with Crippen molar-refractivity contribution in [2.75, 3.05) is 7.11 Å². The van der Waals surface area contributed by atoms with E-state index in [1.165, 1.54) is 32.8 Å². The number of halogens is 1. The van der Waals surface area contributed by atoms with Gasteiger partial charge in [-0.25, -0.2) is 0 Å². The number of esters is 2. The molecule has 0 aromatic rings. The molecule has 0 saturated heterocycles. The standard InChI is InChI=1S/C27H43BrO5/c1-15(12-22(28)25(31)32-5)19-6-7-20-24-21(9-11-27(19,20)4)26(3)10-8-18(30)13-17(26)14-23(24)33-16(2)29/h15,17-24,30H,6-14H2,1-5H3/t15-,17?,18-,19?,20?,21?,22?,23+,24?,26+,27-/m1/s1. The number of fused-ring (bicyclic) bond motifs is 5. The number of aliphatic hydroxyl groups excluding tert-OH is 1. The number of hydrogen-bond donors (Lipinski definition) is 1. The second kappa shape index (κ2) is 9.44. The molecule has 11 atom stereocenters. The van der Waals surface area contributed by atoms with Crippen molar-refractivity contribution in [3.63, 3.8) is 0 Å². The lowest BCUT2D eigenvalue weighted by Gasteiger charge is -2.62. The van der Waals surface area contributed by atoms with Crippen LogP contribution in [0.2, 0.25) is 0 Å². The first kappa shape index (κ1) is 25.5. The molecule has 4 aliphatic rings. The molecule has 0 aromatic heterocycles. The van der Waals surface area contributed by atoms with Gasteiger partial charge in [0.1, 0.15) is 10.9 Å². The Balaban J connectivity index is 1.60. The molecule has 0 aliphatic heterocycles. The third kappa shape index (κ3) is 4.41. The van der Waals surface area contributed by atoms with Crippen LogP contribution in [0.15, 0.2) is 0 Å². The smallest absolute Gasteiger partial charge is 0.319 e. The van der Waals surface area contributed by atoms with Gasteiger partial charge in [0, 0.05) is 12.8 Å². The van der Waals surface area contributed by atoms with Crippen molar-refractivity contribution in [3.8, 4) is 0 Å². The maximum atomic E-state index is 12.1. The second-order valence-electron chi connectivity index (χ2n) is 12.2. The fraction of sp³-hybridized carbons (Fsp3) is 0.926. The molecule has 0 spiro atoms. The van der Waals surface area contributed by atoms with Gasteiger partial charge in [-0.3, -0.25) is 9.59 Å². The molecule has 6 unspecified atom stereocenters. The molecular formula is C27H43BrO5. The van der Waals surface area contributed by atoms with Crippen LogP contribution in [0.1, 0.15) is 85.5 Å². The average molecular weight is 528 g/mol. The molecule has 0 aromatic carbocycles. The summed E-state index contributed by atoms with van der Waals surface area (Å²) in [6.45, 7) is 8.79. The summed E-state index contributed by atoms with van der Waals surface area (Å²) in [5.74, 6) is 2.56. The molecule has 6 heteroatoms. The van der Waals surface area contributed by atoms with E-state index in [-0.39, 0.29) is 39.8 Å². The van der Waals surface area contributed by atoms with Crippen LogP contribution >= 0.6 is 15.9 Å². The number of ether oxygens (including phenoxy) is 2. The van der Waals surface area contributed by atoms with Gasteiger partial charge in [-0.15, -0.1) is 0 Å². The first-order valence-electron chi connectivity index (χ1n) is 13.1. The minimum Gasteiger partial charge on any atom is -0.468 e. The van der Waals surface area contributed by atoms with E-state index in [1.807, 2.05) is 0 Å². The summed E-state index contributed by atoms with van der Waals surface area (Å²) >= 11 is 3.55. The Hall–Kier alpha value is -0.620. The average Bonchev–Trinajstić information content (AvgIpc) is 3.11. The zero-order valence-corrected chi connectivity index (χ0v) is 22.6. The van der Waals surface area contributed by atoms with Gasteiger partial charge >= 0.3 is 11.9 Å². The molecule has 0 heterocycles. The molecule has 33 heavy (non-hydrogen) atoms. The van der Waals surface area contributed by atoms with Crippen molar-refractivity contribution in [1.82, 2.24) is 0 Å². The number of rotatable bonds is 5. The molecular weight excluding hydrogens is 484 g/mol. The monoisotopic (exact) mass is 526 g/mol. The van der Waals surface area contributed by atoms with Gasteiger partial charge in [-0.05, 0) is 98.2 Å². The third-order valence-electron chi connectivity index (χ3n) is 10.7. The Labute approximate surface area is 207 Å². The lowest BCUT2D eigenvalue weighted by atomic mass is 9.43. The lowest BCUT2D eigenvalue weighted by Crippen LogP contribution is -2.59. The first-order chi connectivity index (χ1) is 15.5. The molecule has 0 amide bonds. The highest BCUT2D eigenvalue weighted by Gasteiger charge is 2.63. The number of alkyl halides is 1. The summed E-state index contributed by atoms with van der Waals surface area (Å²) in [5.41, 5.74) is 0.441. The van der Waals surface area contributed by atoms with Crippen molar-refractivity contribution < 1.29 is 24.2 Å². The highest BCUT2D eigenvalue weighted by Crippen LogP contribution is 2.68. The van der Waals surface area contributed by atoms with E-state index in [2.05, 4.69) is 36.7 Å². The maximum Gasteiger partial charge on any atom is 0.319 e. The molecule has 4 fully saturated rings. The quantitative estimate of drug-likeness (QED) is 0.377. The van der Waals surface area contributed by atoms with E-state index in [1.54, 1.807) is 6.92 Å². The summed E-state index contributed by atoms with van der Waals surface area (Å²) in [6.07, 6.45) is 9.01. The van der Waals surface area contributed by atoms with Gasteiger partial charge in [0.25, 0.3) is 0 Å². The Morgan fingerprint density at radius 1 is 1.06 bits per heavy atom. The lowest BCUT2D eigenvalue weighted by molar-refractivity contribution is -0.194. The molecule has 4 aliphatic carbocycles. The van der Waals surface area contributed by atoms with Gasteiger partial charge in [0.2, 0.25) is 0 Å². The van der Waals surface area contributed by atoms with E-state index in [0.717, 1.165) is 32.1 Å². The summed E-state index contributed by atoms with van der Waals surface area (Å²) in [7, 11) is 1.45. The van der Waals surface area contributed by atoms with Crippen LogP contribution < -0.4 is 0 Å². The second-order valence-corrected chi connectivity index (χ2v) is 13.3. The summed E-state index contributed by atoms with van der Waals surface area (Å²) < 4.78 is 11.0. The number of carbonyl (C=O) groups is 2. The molecule has 1 N–H and O–H groups in total. The van der Waals surface area contributed by atoms with E-state index < -0.39 is 0 Å².